The minimum Gasteiger partial charge on any atom is -0.404 e. The molecule has 0 bridgehead atoms. The number of aromatic nitrogens is 1. The summed E-state index contributed by atoms with van der Waals surface area (Å²) in [6, 6.07) is 12.0. The first-order valence-electron chi connectivity index (χ1n) is 11.2. The molecular formula is C26H33N5O2. The Kier molecular flexibility index (Phi) is 7.55. The molecule has 4 N–H and O–H groups in total. The highest BCUT2D eigenvalue weighted by Gasteiger charge is 2.25. The Bertz CT molecular complexity index is 1260. The van der Waals surface area contributed by atoms with Gasteiger partial charge in [0, 0.05) is 56.1 Å². The molecule has 0 aliphatic carbocycles. The van der Waals surface area contributed by atoms with Gasteiger partial charge in [-0.15, -0.1) is 0 Å². The fourth-order valence-corrected chi connectivity index (χ4v) is 4.18. The number of nitrogens with two attached hydrogens (primary N) is 1. The van der Waals surface area contributed by atoms with E-state index in [1.165, 1.54) is 6.20 Å². The van der Waals surface area contributed by atoms with Gasteiger partial charge in [0.1, 0.15) is 0 Å². The summed E-state index contributed by atoms with van der Waals surface area (Å²) in [5.41, 5.74) is 12.7. The largest absolute Gasteiger partial charge is 0.404 e. The van der Waals surface area contributed by atoms with Gasteiger partial charge in [-0.05, 0) is 48.4 Å². The number of aromatic amines is 1. The van der Waals surface area contributed by atoms with Crippen LogP contribution < -0.4 is 21.1 Å². The van der Waals surface area contributed by atoms with Crippen molar-refractivity contribution >= 4 is 39.8 Å². The molecule has 0 fully saturated rings. The number of aryl methyl sites for hydroxylation is 1. The number of rotatable bonds is 4. The van der Waals surface area contributed by atoms with Gasteiger partial charge in [-0.2, -0.15) is 0 Å². The second kappa shape index (κ2) is 10.4. The Labute approximate surface area is 194 Å². The van der Waals surface area contributed by atoms with E-state index in [0.717, 1.165) is 57.8 Å². The summed E-state index contributed by atoms with van der Waals surface area (Å²) in [4.78, 5) is 23.6. The van der Waals surface area contributed by atoms with Crippen LogP contribution >= 0.6 is 0 Å². The fourth-order valence-electron chi connectivity index (χ4n) is 4.18. The first-order valence-corrected chi connectivity index (χ1v) is 11.2. The van der Waals surface area contributed by atoms with E-state index in [0.29, 0.717) is 5.56 Å². The molecule has 33 heavy (non-hydrogen) atoms. The molecule has 7 nitrogen and oxygen atoms in total. The van der Waals surface area contributed by atoms with Crippen LogP contribution in [0, 0.1) is 6.92 Å². The molecule has 1 aromatic heterocycles. The molecule has 0 saturated carbocycles. The van der Waals surface area contributed by atoms with E-state index in [1.54, 1.807) is 13.3 Å². The normalized spacial score (nSPS) is 13.8. The van der Waals surface area contributed by atoms with Gasteiger partial charge in [-0.3, -0.25) is 9.79 Å². The fraction of sp³-hybridized carbons (Fsp3) is 0.308. The van der Waals surface area contributed by atoms with Crippen molar-refractivity contribution in [2.75, 3.05) is 37.0 Å². The number of hydrogen-bond donors (Lipinski definition) is 3. The lowest BCUT2D eigenvalue weighted by Gasteiger charge is -2.38. The van der Waals surface area contributed by atoms with Gasteiger partial charge in [0.05, 0.1) is 29.2 Å². The summed E-state index contributed by atoms with van der Waals surface area (Å²) in [6.45, 7) is 7.31. The number of aliphatic imine (C=N–C) groups is 1. The lowest BCUT2D eigenvalue weighted by molar-refractivity contribution is 0.281. The molecule has 0 unspecified atom stereocenters. The number of fused-ring (bicyclic) bond motifs is 2. The zero-order valence-electron chi connectivity index (χ0n) is 20.0. The third-order valence-corrected chi connectivity index (χ3v) is 5.83. The number of benzene rings is 2. The van der Waals surface area contributed by atoms with Gasteiger partial charge in [-0.1, -0.05) is 19.9 Å². The average Bonchev–Trinajstić information content (AvgIpc) is 2.84. The lowest BCUT2D eigenvalue weighted by Crippen LogP contribution is -2.37. The molecule has 2 heterocycles. The molecule has 7 heteroatoms. The maximum atomic E-state index is 12.1. The predicted molar refractivity (Wildman–Crippen MR) is 140 cm³/mol. The van der Waals surface area contributed by atoms with E-state index in [1.807, 2.05) is 45.0 Å². The number of pyridine rings is 1. The summed E-state index contributed by atoms with van der Waals surface area (Å²) < 4.78 is 0. The Morgan fingerprint density at radius 1 is 1.18 bits per heavy atom. The van der Waals surface area contributed by atoms with Crippen LogP contribution in [0.1, 0.15) is 30.5 Å². The van der Waals surface area contributed by atoms with E-state index in [9.17, 15) is 9.90 Å². The van der Waals surface area contributed by atoms with Crippen molar-refractivity contribution in [3.63, 3.8) is 0 Å². The molecule has 0 saturated heterocycles. The van der Waals surface area contributed by atoms with Crippen LogP contribution in [0.15, 0.2) is 52.4 Å². The maximum absolute atomic E-state index is 12.1. The number of hydrogen-bond acceptors (Lipinski definition) is 6. The van der Waals surface area contributed by atoms with Gasteiger partial charge >= 0.3 is 0 Å². The monoisotopic (exact) mass is 447 g/mol. The van der Waals surface area contributed by atoms with Crippen molar-refractivity contribution in [3.05, 3.63) is 69.6 Å². The molecule has 0 amide bonds. The molecule has 0 atom stereocenters. The third-order valence-electron chi connectivity index (χ3n) is 5.83. The van der Waals surface area contributed by atoms with E-state index >= 15 is 0 Å². The summed E-state index contributed by atoms with van der Waals surface area (Å²) in [5, 5.41) is 11.1. The van der Waals surface area contributed by atoms with Crippen molar-refractivity contribution in [1.82, 2.24) is 4.98 Å². The van der Waals surface area contributed by atoms with E-state index in [4.69, 9.17) is 5.73 Å². The van der Waals surface area contributed by atoms with Crippen molar-refractivity contribution in [2.24, 2.45) is 10.7 Å². The zero-order chi connectivity index (χ0) is 24.1. The second-order valence-corrected chi connectivity index (χ2v) is 7.76. The highest BCUT2D eigenvalue weighted by molar-refractivity contribution is 6.11. The predicted octanol–water partition coefficient (Wildman–Crippen LogP) is 3.94. The van der Waals surface area contributed by atoms with Gasteiger partial charge < -0.3 is 25.6 Å². The molecule has 4 rings (SSSR count). The number of allylic oxidation sites excluding steroid dienone is 1. The molecule has 1 aliphatic heterocycles. The second-order valence-electron chi connectivity index (χ2n) is 7.76. The highest BCUT2D eigenvalue weighted by Crippen LogP contribution is 2.42. The molecule has 0 spiro atoms. The molecule has 1 aliphatic rings. The Hall–Kier alpha value is -3.58. The number of aliphatic hydroxyl groups excluding tert-OH is 1. The summed E-state index contributed by atoms with van der Waals surface area (Å²) in [7, 11) is 3.75. The number of anilines is 3. The summed E-state index contributed by atoms with van der Waals surface area (Å²) in [6.07, 6.45) is 3.21. The van der Waals surface area contributed by atoms with E-state index in [-0.39, 0.29) is 12.2 Å². The van der Waals surface area contributed by atoms with Gasteiger partial charge in [0.2, 0.25) is 0 Å². The standard InChI is InChI=1S/C24H27N5O2.C2H6/c1-15-9-19-20(27-24(15)31)5-4-6-21(19)29-8-7-28(3)22-11-18(17(12-25)13-26-2)16(14-30)10-23(22)29;1-2/h4-6,9-13,30H,7-8,14,25H2,1-3H3,(H,27,31);1-2H3/b17-12+,26-13?;. The number of nitrogens with one attached hydrogen (secondary N) is 1. The van der Waals surface area contributed by atoms with Crippen LogP contribution in [-0.2, 0) is 6.61 Å². The van der Waals surface area contributed by atoms with Crippen LogP contribution in [0.5, 0.6) is 0 Å². The number of H-pyrrole nitrogens is 1. The smallest absolute Gasteiger partial charge is 0.251 e. The molecule has 3 aromatic rings. The van der Waals surface area contributed by atoms with Crippen LogP contribution in [-0.4, -0.2) is 43.5 Å². The minimum absolute atomic E-state index is 0.0747. The summed E-state index contributed by atoms with van der Waals surface area (Å²) in [5.74, 6) is 0. The number of likely N-dealkylation sites (N-methyl/N-ethyl adjacent to an activating group) is 1. The van der Waals surface area contributed by atoms with Gasteiger partial charge in [-0.25, -0.2) is 0 Å². The van der Waals surface area contributed by atoms with Crippen LogP contribution in [0.3, 0.4) is 0 Å². The molecule has 0 radical (unpaired) electrons. The van der Waals surface area contributed by atoms with Crippen molar-refractivity contribution < 1.29 is 5.11 Å². The first-order chi connectivity index (χ1) is 16.0. The van der Waals surface area contributed by atoms with Crippen molar-refractivity contribution in [2.45, 2.75) is 27.4 Å². The topological polar surface area (TPSA) is 98.0 Å². The third kappa shape index (κ3) is 4.50. The Morgan fingerprint density at radius 3 is 2.61 bits per heavy atom. The SMILES string of the molecule is CC.CN=C/C(=C\N)c1cc2c(cc1CO)N(c1cccc3[nH]c(=O)c(C)cc13)CCN2C. The quantitative estimate of drug-likeness (QED) is 0.526. The van der Waals surface area contributed by atoms with Gasteiger partial charge in [0.15, 0.2) is 0 Å². The lowest BCUT2D eigenvalue weighted by atomic mass is 9.97. The first kappa shape index (κ1) is 24.1. The van der Waals surface area contributed by atoms with Crippen molar-refractivity contribution in [3.8, 4) is 0 Å². The number of nitrogens with zero attached hydrogens (tertiary/aromatic N) is 3. The molecule has 174 valence electrons. The van der Waals surface area contributed by atoms with Crippen molar-refractivity contribution in [1.29, 1.82) is 0 Å². The van der Waals surface area contributed by atoms with E-state index < -0.39 is 0 Å². The molecular weight excluding hydrogens is 414 g/mol. The maximum Gasteiger partial charge on any atom is 0.251 e. The molecule has 2 aromatic carbocycles. The zero-order valence-corrected chi connectivity index (χ0v) is 20.0. The summed E-state index contributed by atoms with van der Waals surface area (Å²) >= 11 is 0. The van der Waals surface area contributed by atoms with Gasteiger partial charge in [0.25, 0.3) is 5.56 Å². The van der Waals surface area contributed by atoms with Crippen LogP contribution in [0.25, 0.3) is 16.5 Å². The Balaban J connectivity index is 0.00000149. The van der Waals surface area contributed by atoms with E-state index in [2.05, 4.69) is 39.0 Å². The Morgan fingerprint density at radius 2 is 1.94 bits per heavy atom. The average molecular weight is 448 g/mol. The number of aliphatic hydroxyl groups is 1. The van der Waals surface area contributed by atoms with Crippen LogP contribution in [0.4, 0.5) is 17.1 Å². The van der Waals surface area contributed by atoms with Crippen LogP contribution in [0.2, 0.25) is 0 Å². The minimum atomic E-state index is -0.114. The highest BCUT2D eigenvalue weighted by atomic mass is 16.3.